The van der Waals surface area contributed by atoms with Crippen molar-refractivity contribution in [2.75, 3.05) is 37.5 Å². The van der Waals surface area contributed by atoms with Gasteiger partial charge >= 0.3 is 0 Å². The van der Waals surface area contributed by atoms with Crippen molar-refractivity contribution in [3.05, 3.63) is 29.8 Å². The van der Waals surface area contributed by atoms with E-state index in [-0.39, 0.29) is 5.91 Å². The van der Waals surface area contributed by atoms with Crippen LogP contribution in [0.3, 0.4) is 0 Å². The fraction of sp³-hybridized carbons (Fsp3) is 0.467. The molecule has 1 N–H and O–H groups in total. The van der Waals surface area contributed by atoms with Crippen molar-refractivity contribution in [3.63, 3.8) is 0 Å². The number of hydrogen-bond acceptors (Lipinski definition) is 4. The van der Waals surface area contributed by atoms with Crippen LogP contribution >= 0.6 is 11.8 Å². The van der Waals surface area contributed by atoms with Crippen LogP contribution in [0.2, 0.25) is 0 Å². The lowest BCUT2D eigenvalue weighted by Gasteiger charge is -2.08. The molecule has 0 radical (unpaired) electrons. The highest BCUT2D eigenvalue weighted by atomic mass is 32.2. The van der Waals surface area contributed by atoms with Gasteiger partial charge in [-0.15, -0.1) is 0 Å². The first-order chi connectivity index (χ1) is 9.61. The molecule has 0 aromatic heterocycles. The molecule has 1 aromatic rings. The minimum Gasteiger partial charge on any atom is -0.326 e. The predicted molar refractivity (Wildman–Crippen MR) is 84.9 cm³/mol. The van der Waals surface area contributed by atoms with Gasteiger partial charge in [-0.25, -0.2) is 0 Å². The monoisotopic (exact) mass is 291 g/mol. The summed E-state index contributed by atoms with van der Waals surface area (Å²) in [6, 6.07) is 8.96. The second-order valence-electron chi connectivity index (χ2n) is 4.76. The third-order valence-corrected chi connectivity index (χ3v) is 3.72. The Hall–Kier alpha value is -1.51. The molecule has 0 fully saturated rings. The highest BCUT2D eigenvalue weighted by molar-refractivity contribution is 7.99. The van der Waals surface area contributed by atoms with Crippen molar-refractivity contribution in [1.82, 2.24) is 4.90 Å². The van der Waals surface area contributed by atoms with Crippen LogP contribution in [-0.4, -0.2) is 43.0 Å². The minimum atomic E-state index is 0.0305. The smallest absolute Gasteiger partial charge is 0.224 e. The van der Waals surface area contributed by atoms with Gasteiger partial charge in [0.1, 0.15) is 0 Å². The van der Waals surface area contributed by atoms with E-state index in [2.05, 4.69) is 30.4 Å². The molecule has 0 saturated carbocycles. The van der Waals surface area contributed by atoms with E-state index in [0.717, 1.165) is 30.2 Å². The molecule has 0 bridgehead atoms. The van der Waals surface area contributed by atoms with Crippen LogP contribution in [0.4, 0.5) is 5.69 Å². The molecular weight excluding hydrogens is 270 g/mol. The molecule has 1 rings (SSSR count). The zero-order valence-corrected chi connectivity index (χ0v) is 12.9. The Morgan fingerprint density at radius 2 is 2.00 bits per heavy atom. The molecular formula is C15H21N3OS. The van der Waals surface area contributed by atoms with E-state index in [4.69, 9.17) is 5.26 Å². The van der Waals surface area contributed by atoms with E-state index >= 15 is 0 Å². The highest BCUT2D eigenvalue weighted by Crippen LogP contribution is 2.10. The van der Waals surface area contributed by atoms with Gasteiger partial charge in [0, 0.05) is 24.4 Å². The summed E-state index contributed by atoms with van der Waals surface area (Å²) < 4.78 is 0. The zero-order valence-electron chi connectivity index (χ0n) is 12.1. The number of nitriles is 1. The summed E-state index contributed by atoms with van der Waals surface area (Å²) in [7, 11) is 4.12. The third-order valence-electron chi connectivity index (χ3n) is 2.67. The summed E-state index contributed by atoms with van der Waals surface area (Å²) in [5.74, 6) is 2.14. The van der Waals surface area contributed by atoms with Gasteiger partial charge in [-0.2, -0.15) is 17.0 Å². The van der Waals surface area contributed by atoms with Crippen LogP contribution in [-0.2, 0) is 4.79 Å². The Kier molecular flexibility index (Phi) is 7.78. The molecule has 5 heteroatoms. The maximum Gasteiger partial charge on any atom is 0.224 e. The molecule has 0 spiro atoms. The summed E-state index contributed by atoms with van der Waals surface area (Å²) >= 11 is 1.88. The molecule has 108 valence electrons. The third kappa shape index (κ3) is 7.17. The van der Waals surface area contributed by atoms with Crippen molar-refractivity contribution in [1.29, 1.82) is 5.26 Å². The first kappa shape index (κ1) is 16.5. The SMILES string of the molecule is CN(C)CCSCCCC(=O)Nc1ccc(C#N)cc1. The van der Waals surface area contributed by atoms with E-state index in [1.807, 2.05) is 11.8 Å². The fourth-order valence-corrected chi connectivity index (χ4v) is 2.58. The van der Waals surface area contributed by atoms with Crippen molar-refractivity contribution < 1.29 is 4.79 Å². The maximum absolute atomic E-state index is 11.7. The molecule has 1 amide bonds. The van der Waals surface area contributed by atoms with E-state index < -0.39 is 0 Å². The van der Waals surface area contributed by atoms with Gasteiger partial charge in [0.2, 0.25) is 5.91 Å². The van der Waals surface area contributed by atoms with Crippen LogP contribution in [0.5, 0.6) is 0 Å². The fourth-order valence-electron chi connectivity index (χ4n) is 1.54. The first-order valence-corrected chi connectivity index (χ1v) is 7.80. The number of amides is 1. The number of rotatable bonds is 8. The standard InChI is InChI=1S/C15H21N3OS/c1-18(2)9-11-20-10-3-4-15(19)17-14-7-5-13(12-16)6-8-14/h5-8H,3-4,9-11H2,1-2H3,(H,17,19). The van der Waals surface area contributed by atoms with Crippen molar-refractivity contribution >= 4 is 23.4 Å². The van der Waals surface area contributed by atoms with E-state index in [0.29, 0.717) is 12.0 Å². The van der Waals surface area contributed by atoms with Crippen molar-refractivity contribution in [2.45, 2.75) is 12.8 Å². The quantitative estimate of drug-likeness (QED) is 0.748. The molecule has 0 unspecified atom stereocenters. The van der Waals surface area contributed by atoms with Gasteiger partial charge in [-0.3, -0.25) is 4.79 Å². The number of nitrogens with one attached hydrogen (secondary N) is 1. The summed E-state index contributed by atoms with van der Waals surface area (Å²) in [6.07, 6.45) is 1.43. The lowest BCUT2D eigenvalue weighted by Crippen LogP contribution is -2.15. The Morgan fingerprint density at radius 1 is 1.30 bits per heavy atom. The Labute approximate surface area is 125 Å². The van der Waals surface area contributed by atoms with Gasteiger partial charge in [0.25, 0.3) is 0 Å². The topological polar surface area (TPSA) is 56.1 Å². The highest BCUT2D eigenvalue weighted by Gasteiger charge is 2.02. The number of benzene rings is 1. The second kappa shape index (κ2) is 9.40. The van der Waals surface area contributed by atoms with Crippen LogP contribution in [0, 0.1) is 11.3 Å². The second-order valence-corrected chi connectivity index (χ2v) is 5.98. The summed E-state index contributed by atoms with van der Waals surface area (Å²) in [6.45, 7) is 1.07. The molecule has 4 nitrogen and oxygen atoms in total. The van der Waals surface area contributed by atoms with Gasteiger partial charge in [-0.1, -0.05) is 0 Å². The van der Waals surface area contributed by atoms with E-state index in [9.17, 15) is 4.79 Å². The van der Waals surface area contributed by atoms with E-state index in [1.54, 1.807) is 24.3 Å². The molecule has 1 aromatic carbocycles. The number of thioether (sulfide) groups is 1. The molecule has 0 aliphatic carbocycles. The predicted octanol–water partition coefficient (Wildman–Crippen LogP) is 2.57. The Bertz CT molecular complexity index is 451. The van der Waals surface area contributed by atoms with E-state index in [1.165, 1.54) is 0 Å². The Balaban J connectivity index is 2.15. The molecule has 20 heavy (non-hydrogen) atoms. The number of anilines is 1. The number of carbonyl (C=O) groups excluding carboxylic acids is 1. The molecule has 0 aliphatic heterocycles. The van der Waals surface area contributed by atoms with Crippen LogP contribution < -0.4 is 5.32 Å². The summed E-state index contributed by atoms with van der Waals surface area (Å²) in [4.78, 5) is 13.9. The lowest BCUT2D eigenvalue weighted by molar-refractivity contribution is -0.116. The zero-order chi connectivity index (χ0) is 14.8. The van der Waals surface area contributed by atoms with Gasteiger partial charge in [0.15, 0.2) is 0 Å². The lowest BCUT2D eigenvalue weighted by atomic mass is 10.2. The number of hydrogen-bond donors (Lipinski definition) is 1. The Morgan fingerprint density at radius 3 is 2.60 bits per heavy atom. The van der Waals surface area contributed by atoms with Crippen molar-refractivity contribution in [2.24, 2.45) is 0 Å². The average molecular weight is 291 g/mol. The first-order valence-electron chi connectivity index (χ1n) is 6.64. The van der Waals surface area contributed by atoms with Crippen LogP contribution in [0.1, 0.15) is 18.4 Å². The van der Waals surface area contributed by atoms with Crippen LogP contribution in [0.25, 0.3) is 0 Å². The minimum absolute atomic E-state index is 0.0305. The number of nitrogens with zero attached hydrogens (tertiary/aromatic N) is 2. The number of carbonyl (C=O) groups is 1. The van der Waals surface area contributed by atoms with Crippen LogP contribution in [0.15, 0.2) is 24.3 Å². The van der Waals surface area contributed by atoms with Crippen molar-refractivity contribution in [3.8, 4) is 6.07 Å². The molecule has 0 saturated heterocycles. The molecule has 0 heterocycles. The largest absolute Gasteiger partial charge is 0.326 e. The molecule has 0 atom stereocenters. The van der Waals surface area contributed by atoms with Gasteiger partial charge in [-0.05, 0) is 50.5 Å². The normalized spacial score (nSPS) is 10.3. The average Bonchev–Trinajstić information content (AvgIpc) is 2.43. The maximum atomic E-state index is 11.7. The summed E-state index contributed by atoms with van der Waals surface area (Å²) in [5, 5.41) is 11.5. The summed E-state index contributed by atoms with van der Waals surface area (Å²) in [5.41, 5.74) is 1.34. The molecule has 0 aliphatic rings. The van der Waals surface area contributed by atoms with Gasteiger partial charge in [0.05, 0.1) is 11.6 Å². The van der Waals surface area contributed by atoms with Gasteiger partial charge < -0.3 is 10.2 Å².